The van der Waals surface area contributed by atoms with E-state index in [9.17, 15) is 9.59 Å². The molecule has 2 heterocycles. The molecular weight excluding hydrogens is 318 g/mol. The van der Waals surface area contributed by atoms with E-state index in [0.717, 1.165) is 5.56 Å². The predicted molar refractivity (Wildman–Crippen MR) is 93.1 cm³/mol. The molecule has 1 saturated heterocycles. The first kappa shape index (κ1) is 16.9. The summed E-state index contributed by atoms with van der Waals surface area (Å²) < 4.78 is 1.73. The van der Waals surface area contributed by atoms with Gasteiger partial charge < -0.3 is 10.6 Å². The average Bonchev–Trinajstić information content (AvgIpc) is 3.08. The molecular formula is C18H21N5O2. The van der Waals surface area contributed by atoms with Crippen LogP contribution in [-0.4, -0.2) is 44.8 Å². The number of amides is 2. The summed E-state index contributed by atoms with van der Waals surface area (Å²) >= 11 is 0. The number of carbonyl (C=O) groups is 2. The highest BCUT2D eigenvalue weighted by Crippen LogP contribution is 2.17. The van der Waals surface area contributed by atoms with Crippen molar-refractivity contribution in [2.24, 2.45) is 11.7 Å². The lowest BCUT2D eigenvalue weighted by molar-refractivity contribution is -0.130. The lowest BCUT2D eigenvalue weighted by Crippen LogP contribution is -2.41. The molecule has 0 aliphatic carbocycles. The second-order valence-electron chi connectivity index (χ2n) is 6.16. The van der Waals surface area contributed by atoms with Crippen LogP contribution in [0.15, 0.2) is 42.6 Å². The van der Waals surface area contributed by atoms with Crippen molar-refractivity contribution >= 4 is 17.9 Å². The number of primary amides is 1. The Morgan fingerprint density at radius 2 is 1.92 bits per heavy atom. The molecule has 2 N–H and O–H groups in total. The minimum atomic E-state index is -0.280. The van der Waals surface area contributed by atoms with Crippen LogP contribution in [0.4, 0.5) is 0 Å². The van der Waals surface area contributed by atoms with E-state index in [4.69, 9.17) is 5.73 Å². The fourth-order valence-corrected chi connectivity index (χ4v) is 2.88. The summed E-state index contributed by atoms with van der Waals surface area (Å²) in [6, 6.07) is 9.98. The highest BCUT2D eigenvalue weighted by Gasteiger charge is 2.24. The molecule has 0 bridgehead atoms. The van der Waals surface area contributed by atoms with Crippen molar-refractivity contribution in [2.45, 2.75) is 19.4 Å². The zero-order valence-corrected chi connectivity index (χ0v) is 13.9. The Kier molecular flexibility index (Phi) is 5.23. The Labute approximate surface area is 146 Å². The molecule has 7 nitrogen and oxygen atoms in total. The quantitative estimate of drug-likeness (QED) is 0.824. The summed E-state index contributed by atoms with van der Waals surface area (Å²) in [7, 11) is 0. The second kappa shape index (κ2) is 7.74. The van der Waals surface area contributed by atoms with Crippen molar-refractivity contribution in [3.05, 3.63) is 53.9 Å². The molecule has 0 atom stereocenters. The number of piperidine rings is 1. The van der Waals surface area contributed by atoms with Crippen LogP contribution < -0.4 is 5.73 Å². The molecule has 1 aliphatic heterocycles. The van der Waals surface area contributed by atoms with Gasteiger partial charge in [0.1, 0.15) is 5.69 Å². The number of likely N-dealkylation sites (tertiary alicyclic amines) is 1. The van der Waals surface area contributed by atoms with Gasteiger partial charge in [-0.1, -0.05) is 35.5 Å². The number of hydrogen-bond donors (Lipinski definition) is 1. The van der Waals surface area contributed by atoms with E-state index in [-0.39, 0.29) is 17.7 Å². The van der Waals surface area contributed by atoms with Crippen LogP contribution in [-0.2, 0) is 16.1 Å². The Morgan fingerprint density at radius 3 is 2.60 bits per heavy atom. The van der Waals surface area contributed by atoms with Gasteiger partial charge in [-0.25, -0.2) is 4.68 Å². The van der Waals surface area contributed by atoms with Gasteiger partial charge in [0.15, 0.2) is 0 Å². The van der Waals surface area contributed by atoms with Crippen molar-refractivity contribution in [3.8, 4) is 0 Å². The molecule has 0 radical (unpaired) electrons. The number of benzene rings is 1. The second-order valence-corrected chi connectivity index (χ2v) is 6.16. The number of rotatable bonds is 5. The third kappa shape index (κ3) is 4.53. The van der Waals surface area contributed by atoms with Gasteiger partial charge in [0.25, 0.3) is 0 Å². The van der Waals surface area contributed by atoms with Gasteiger partial charge in [-0.3, -0.25) is 9.59 Å². The first-order chi connectivity index (χ1) is 12.1. The summed E-state index contributed by atoms with van der Waals surface area (Å²) in [5, 5.41) is 8.13. The maximum Gasteiger partial charge on any atom is 0.246 e. The summed E-state index contributed by atoms with van der Waals surface area (Å²) in [4.78, 5) is 25.1. The number of carbonyl (C=O) groups excluding carboxylic acids is 2. The standard InChI is InChI=1S/C18H21N5O2/c19-18(25)15-8-10-22(11-9-15)17(24)7-6-16-13-23(21-20-16)12-14-4-2-1-3-5-14/h1-7,13,15H,8-12H2,(H2,19,25)/b7-6+. The molecule has 1 aliphatic rings. The van der Waals surface area contributed by atoms with Crippen LogP contribution in [0, 0.1) is 5.92 Å². The van der Waals surface area contributed by atoms with Gasteiger partial charge in [0, 0.05) is 25.1 Å². The summed E-state index contributed by atoms with van der Waals surface area (Å²) in [5.74, 6) is -0.482. The number of nitrogens with zero attached hydrogens (tertiary/aromatic N) is 4. The molecule has 2 aromatic rings. The van der Waals surface area contributed by atoms with E-state index in [1.54, 1.807) is 21.9 Å². The van der Waals surface area contributed by atoms with Gasteiger partial charge in [-0.2, -0.15) is 0 Å². The molecule has 1 aromatic heterocycles. The molecule has 130 valence electrons. The molecule has 25 heavy (non-hydrogen) atoms. The van der Waals surface area contributed by atoms with E-state index < -0.39 is 0 Å². The highest BCUT2D eigenvalue weighted by atomic mass is 16.2. The minimum absolute atomic E-state index is 0.0828. The van der Waals surface area contributed by atoms with Crippen LogP contribution in [0.5, 0.6) is 0 Å². The fraction of sp³-hybridized carbons (Fsp3) is 0.333. The predicted octanol–water partition coefficient (Wildman–Crippen LogP) is 1.06. The van der Waals surface area contributed by atoms with Crippen LogP contribution >= 0.6 is 0 Å². The molecule has 7 heteroatoms. The van der Waals surface area contributed by atoms with Gasteiger partial charge in [-0.05, 0) is 24.5 Å². The van der Waals surface area contributed by atoms with Crippen molar-refractivity contribution in [2.75, 3.05) is 13.1 Å². The first-order valence-electron chi connectivity index (χ1n) is 8.32. The molecule has 1 aromatic carbocycles. The zero-order valence-electron chi connectivity index (χ0n) is 13.9. The third-order valence-electron chi connectivity index (χ3n) is 4.35. The van der Waals surface area contributed by atoms with Crippen LogP contribution in [0.25, 0.3) is 6.08 Å². The third-order valence-corrected chi connectivity index (χ3v) is 4.35. The lowest BCUT2D eigenvalue weighted by atomic mass is 9.96. The SMILES string of the molecule is NC(=O)C1CCN(C(=O)/C=C/c2cn(Cc3ccccc3)nn2)CC1. The van der Waals surface area contributed by atoms with Crippen LogP contribution in [0.1, 0.15) is 24.1 Å². The van der Waals surface area contributed by atoms with Crippen LogP contribution in [0.3, 0.4) is 0 Å². The molecule has 0 saturated carbocycles. The van der Waals surface area contributed by atoms with Gasteiger partial charge in [0.05, 0.1) is 12.7 Å². The first-order valence-corrected chi connectivity index (χ1v) is 8.32. The van der Waals surface area contributed by atoms with E-state index in [0.29, 0.717) is 38.2 Å². The molecule has 0 unspecified atom stereocenters. The number of aromatic nitrogens is 3. The molecule has 2 amide bonds. The van der Waals surface area contributed by atoms with Gasteiger partial charge >= 0.3 is 0 Å². The molecule has 1 fully saturated rings. The van der Waals surface area contributed by atoms with Gasteiger partial charge in [-0.15, -0.1) is 5.10 Å². The zero-order chi connectivity index (χ0) is 17.6. The number of hydrogen-bond acceptors (Lipinski definition) is 4. The van der Waals surface area contributed by atoms with Crippen molar-refractivity contribution in [1.29, 1.82) is 0 Å². The maximum atomic E-state index is 12.2. The molecule has 0 spiro atoms. The summed E-state index contributed by atoms with van der Waals surface area (Å²) in [5.41, 5.74) is 7.08. The Morgan fingerprint density at radius 1 is 1.20 bits per heavy atom. The largest absolute Gasteiger partial charge is 0.369 e. The smallest absolute Gasteiger partial charge is 0.246 e. The Bertz CT molecular complexity index is 761. The Hall–Kier alpha value is -2.96. The lowest BCUT2D eigenvalue weighted by Gasteiger charge is -2.29. The molecule has 3 rings (SSSR count). The van der Waals surface area contributed by atoms with E-state index in [1.165, 1.54) is 6.08 Å². The summed E-state index contributed by atoms with van der Waals surface area (Å²) in [6.45, 7) is 1.74. The van der Waals surface area contributed by atoms with Crippen molar-refractivity contribution < 1.29 is 9.59 Å². The summed E-state index contributed by atoms with van der Waals surface area (Å²) in [6.07, 6.45) is 6.22. The van der Waals surface area contributed by atoms with Crippen LogP contribution in [0.2, 0.25) is 0 Å². The van der Waals surface area contributed by atoms with Crippen molar-refractivity contribution in [1.82, 2.24) is 19.9 Å². The van der Waals surface area contributed by atoms with Crippen molar-refractivity contribution in [3.63, 3.8) is 0 Å². The normalized spacial score (nSPS) is 15.6. The average molecular weight is 339 g/mol. The fourth-order valence-electron chi connectivity index (χ4n) is 2.88. The van der Waals surface area contributed by atoms with E-state index in [2.05, 4.69) is 10.3 Å². The number of nitrogens with two attached hydrogens (primary N) is 1. The minimum Gasteiger partial charge on any atom is -0.369 e. The van der Waals surface area contributed by atoms with Gasteiger partial charge in [0.2, 0.25) is 11.8 Å². The topological polar surface area (TPSA) is 94.1 Å². The highest BCUT2D eigenvalue weighted by molar-refractivity contribution is 5.91. The van der Waals surface area contributed by atoms with E-state index >= 15 is 0 Å². The Balaban J connectivity index is 1.54. The van der Waals surface area contributed by atoms with E-state index in [1.807, 2.05) is 30.3 Å². The monoisotopic (exact) mass is 339 g/mol. The maximum absolute atomic E-state index is 12.2.